The van der Waals surface area contributed by atoms with Gasteiger partial charge in [-0.15, -0.1) is 0 Å². The average Bonchev–Trinajstić information content (AvgIpc) is 3.21. The molecule has 20 heavy (non-hydrogen) atoms. The lowest BCUT2D eigenvalue weighted by Gasteiger charge is -2.41. The number of carbonyl (C=O) groups excluding carboxylic acids is 1. The molecule has 1 saturated heterocycles. The van der Waals surface area contributed by atoms with Crippen LogP contribution in [0.15, 0.2) is 12.1 Å². The fourth-order valence-corrected chi connectivity index (χ4v) is 3.40. The first-order valence-corrected chi connectivity index (χ1v) is 7.63. The third kappa shape index (κ3) is 2.24. The van der Waals surface area contributed by atoms with Gasteiger partial charge in [-0.25, -0.2) is 0 Å². The van der Waals surface area contributed by atoms with Gasteiger partial charge in [-0.2, -0.15) is 0 Å². The van der Waals surface area contributed by atoms with Crippen molar-refractivity contribution in [3.63, 3.8) is 0 Å². The molecule has 0 spiro atoms. The molecular formula is C17H24N2O. The van der Waals surface area contributed by atoms with Gasteiger partial charge in [0.2, 0.25) is 5.91 Å². The zero-order valence-corrected chi connectivity index (χ0v) is 12.6. The molecule has 1 aromatic rings. The zero-order valence-electron chi connectivity index (χ0n) is 12.6. The number of likely N-dealkylation sites (tertiary alicyclic amines) is 1. The Balaban J connectivity index is 2.04. The maximum atomic E-state index is 12.3. The summed E-state index contributed by atoms with van der Waals surface area (Å²) in [6.07, 6.45) is 3.69. The molecule has 1 aromatic carbocycles. The lowest BCUT2D eigenvalue weighted by atomic mass is 9.86. The minimum absolute atomic E-state index is 0.0640. The van der Waals surface area contributed by atoms with Gasteiger partial charge in [-0.3, -0.25) is 4.79 Å². The number of aryl methyl sites for hydroxylation is 3. The smallest absolute Gasteiger partial charge is 0.223 e. The average molecular weight is 272 g/mol. The predicted molar refractivity (Wildman–Crippen MR) is 80.5 cm³/mol. The van der Waals surface area contributed by atoms with Crippen LogP contribution in [0.5, 0.6) is 0 Å². The van der Waals surface area contributed by atoms with Crippen LogP contribution >= 0.6 is 0 Å². The highest BCUT2D eigenvalue weighted by Crippen LogP contribution is 2.41. The van der Waals surface area contributed by atoms with Crippen molar-refractivity contribution in [3.05, 3.63) is 34.4 Å². The molecule has 1 aliphatic heterocycles. The zero-order chi connectivity index (χ0) is 14.4. The molecule has 3 heteroatoms. The Morgan fingerprint density at radius 1 is 1.05 bits per heavy atom. The molecule has 2 unspecified atom stereocenters. The van der Waals surface area contributed by atoms with Crippen molar-refractivity contribution in [2.24, 2.45) is 5.73 Å². The van der Waals surface area contributed by atoms with Gasteiger partial charge < -0.3 is 10.6 Å². The van der Waals surface area contributed by atoms with Crippen molar-refractivity contribution in [3.8, 4) is 0 Å². The standard InChI is InChI=1S/C17H24N2O/c1-10-8-12(3)14(9-11(10)2)17-15(18)6-7-16(20)19(17)13-4-5-13/h8-9,13,15,17H,4-7,18H2,1-3H3. The van der Waals surface area contributed by atoms with E-state index in [1.54, 1.807) is 0 Å². The van der Waals surface area contributed by atoms with Crippen LogP contribution in [0, 0.1) is 20.8 Å². The van der Waals surface area contributed by atoms with E-state index in [0.29, 0.717) is 12.5 Å². The maximum Gasteiger partial charge on any atom is 0.223 e. The molecule has 0 radical (unpaired) electrons. The number of nitrogens with two attached hydrogens (primary N) is 1. The van der Waals surface area contributed by atoms with Crippen molar-refractivity contribution in [2.75, 3.05) is 0 Å². The first-order valence-electron chi connectivity index (χ1n) is 7.63. The summed E-state index contributed by atoms with van der Waals surface area (Å²) >= 11 is 0. The van der Waals surface area contributed by atoms with Crippen molar-refractivity contribution >= 4 is 5.91 Å². The summed E-state index contributed by atoms with van der Waals surface area (Å²) in [5.41, 5.74) is 11.5. The number of nitrogens with zero attached hydrogens (tertiary/aromatic N) is 1. The third-order valence-electron chi connectivity index (χ3n) is 4.83. The maximum absolute atomic E-state index is 12.3. The molecule has 3 nitrogen and oxygen atoms in total. The number of benzene rings is 1. The molecule has 2 atom stereocenters. The number of carbonyl (C=O) groups is 1. The first kappa shape index (κ1) is 13.6. The van der Waals surface area contributed by atoms with Crippen LogP contribution in [0.3, 0.4) is 0 Å². The Labute approximate surface area is 121 Å². The molecule has 0 aromatic heterocycles. The van der Waals surface area contributed by atoms with E-state index in [0.717, 1.165) is 19.3 Å². The van der Waals surface area contributed by atoms with Crippen molar-refractivity contribution < 1.29 is 4.79 Å². The molecule has 2 N–H and O–H groups in total. The van der Waals surface area contributed by atoms with Crippen LogP contribution in [0.2, 0.25) is 0 Å². The second-order valence-corrected chi connectivity index (χ2v) is 6.47. The minimum atomic E-state index is 0.0640. The van der Waals surface area contributed by atoms with E-state index in [9.17, 15) is 4.79 Å². The van der Waals surface area contributed by atoms with E-state index in [4.69, 9.17) is 5.73 Å². The van der Waals surface area contributed by atoms with Gasteiger partial charge in [0.25, 0.3) is 0 Å². The van der Waals surface area contributed by atoms with E-state index < -0.39 is 0 Å². The van der Waals surface area contributed by atoms with Crippen molar-refractivity contribution in [1.29, 1.82) is 0 Å². The van der Waals surface area contributed by atoms with E-state index in [1.807, 2.05) is 0 Å². The second kappa shape index (κ2) is 4.88. The topological polar surface area (TPSA) is 46.3 Å². The molecule has 108 valence electrons. The number of rotatable bonds is 2. The summed E-state index contributed by atoms with van der Waals surface area (Å²) in [6.45, 7) is 6.41. The second-order valence-electron chi connectivity index (χ2n) is 6.47. The van der Waals surface area contributed by atoms with Crippen LogP contribution in [-0.2, 0) is 4.79 Å². The van der Waals surface area contributed by atoms with Gasteiger partial charge in [0.1, 0.15) is 0 Å². The highest BCUT2D eigenvalue weighted by Gasteiger charge is 2.43. The summed E-state index contributed by atoms with van der Waals surface area (Å²) < 4.78 is 0. The Hall–Kier alpha value is -1.35. The molecule has 1 aliphatic carbocycles. The summed E-state index contributed by atoms with van der Waals surface area (Å²) in [5.74, 6) is 0.289. The van der Waals surface area contributed by atoms with Crippen LogP contribution in [0.4, 0.5) is 0 Å². The van der Waals surface area contributed by atoms with Gasteiger partial charge in [0.05, 0.1) is 6.04 Å². The lowest BCUT2D eigenvalue weighted by molar-refractivity contribution is -0.138. The van der Waals surface area contributed by atoms with Crippen LogP contribution in [0.25, 0.3) is 0 Å². The normalized spacial score (nSPS) is 27.0. The summed E-state index contributed by atoms with van der Waals surface area (Å²) in [5, 5.41) is 0. The quantitative estimate of drug-likeness (QED) is 0.900. The van der Waals surface area contributed by atoms with Gasteiger partial charge in [0.15, 0.2) is 0 Å². The van der Waals surface area contributed by atoms with Crippen molar-refractivity contribution in [2.45, 2.75) is 64.6 Å². The third-order valence-corrected chi connectivity index (χ3v) is 4.83. The minimum Gasteiger partial charge on any atom is -0.331 e. The lowest BCUT2D eigenvalue weighted by Crippen LogP contribution is -2.50. The molecular weight excluding hydrogens is 248 g/mol. The van der Waals surface area contributed by atoms with Crippen LogP contribution < -0.4 is 5.73 Å². The Morgan fingerprint density at radius 3 is 2.35 bits per heavy atom. The van der Waals surface area contributed by atoms with E-state index >= 15 is 0 Å². The van der Waals surface area contributed by atoms with Crippen molar-refractivity contribution in [1.82, 2.24) is 4.90 Å². The van der Waals surface area contributed by atoms with Gasteiger partial charge in [-0.1, -0.05) is 12.1 Å². The molecule has 1 amide bonds. The summed E-state index contributed by atoms with van der Waals surface area (Å²) in [6, 6.07) is 5.03. The first-order chi connectivity index (χ1) is 9.49. The number of hydrogen-bond acceptors (Lipinski definition) is 2. The Morgan fingerprint density at radius 2 is 1.70 bits per heavy atom. The van der Waals surface area contributed by atoms with Gasteiger partial charge >= 0.3 is 0 Å². The van der Waals surface area contributed by atoms with Crippen LogP contribution in [0.1, 0.15) is 54.0 Å². The molecule has 1 heterocycles. The largest absolute Gasteiger partial charge is 0.331 e. The fraction of sp³-hybridized carbons (Fsp3) is 0.588. The monoisotopic (exact) mass is 272 g/mol. The summed E-state index contributed by atoms with van der Waals surface area (Å²) in [4.78, 5) is 14.4. The Kier molecular flexibility index (Phi) is 3.33. The highest BCUT2D eigenvalue weighted by molar-refractivity contribution is 5.78. The SMILES string of the molecule is Cc1cc(C)c(C2C(N)CCC(=O)N2C2CC2)cc1C. The van der Waals surface area contributed by atoms with E-state index in [-0.39, 0.29) is 18.0 Å². The van der Waals surface area contributed by atoms with E-state index in [1.165, 1.54) is 22.3 Å². The number of piperidine rings is 1. The number of amides is 1. The van der Waals surface area contributed by atoms with E-state index in [2.05, 4.69) is 37.8 Å². The van der Waals surface area contributed by atoms with Crippen LogP contribution in [-0.4, -0.2) is 22.9 Å². The van der Waals surface area contributed by atoms with Gasteiger partial charge in [-0.05, 0) is 62.3 Å². The molecule has 0 bridgehead atoms. The molecule has 1 saturated carbocycles. The molecule has 2 aliphatic rings. The molecule has 2 fully saturated rings. The predicted octanol–water partition coefficient (Wildman–Crippen LogP) is 2.77. The number of hydrogen-bond donors (Lipinski definition) is 1. The summed E-state index contributed by atoms with van der Waals surface area (Å²) in [7, 11) is 0. The highest BCUT2D eigenvalue weighted by atomic mass is 16.2. The molecule has 3 rings (SSSR count). The Bertz CT molecular complexity index is 548. The van der Waals surface area contributed by atoms with Gasteiger partial charge in [0, 0.05) is 18.5 Å². The fourth-order valence-electron chi connectivity index (χ4n) is 3.40.